The summed E-state index contributed by atoms with van der Waals surface area (Å²) in [5, 5.41) is 2.26. The maximum atomic E-state index is 10.4. The number of carbonyl (C=O) groups is 2. The Morgan fingerprint density at radius 3 is 2.62 bits per heavy atom. The number of hydrogen-bond acceptors (Lipinski definition) is 3. The average Bonchev–Trinajstić information content (AvgIpc) is 1.64. The molecule has 1 amide bonds. The van der Waals surface area contributed by atoms with Crippen LogP contribution in [0.1, 0.15) is 6.42 Å². The van der Waals surface area contributed by atoms with Crippen LogP contribution < -0.4 is 5.32 Å². The summed E-state index contributed by atoms with van der Waals surface area (Å²) >= 11 is 0.752. The zero-order valence-electron chi connectivity index (χ0n) is 4.14. The van der Waals surface area contributed by atoms with Gasteiger partial charge in [-0.1, -0.05) is 0 Å². The van der Waals surface area contributed by atoms with E-state index in [0.717, 1.165) is 11.8 Å². The zero-order valence-corrected chi connectivity index (χ0v) is 4.96. The Bertz CT molecular complexity index is 120. The molecule has 0 bridgehead atoms. The van der Waals surface area contributed by atoms with Crippen molar-refractivity contribution < 1.29 is 9.59 Å². The fraction of sp³-hybridized carbons (Fsp3) is 0.500. The van der Waals surface area contributed by atoms with Crippen LogP contribution in [-0.2, 0) is 4.79 Å². The van der Waals surface area contributed by atoms with Gasteiger partial charge in [-0.05, 0) is 0 Å². The molecule has 0 spiro atoms. The molecule has 0 unspecified atom stereocenters. The lowest BCUT2D eigenvalue weighted by Gasteiger charge is -2.07. The topological polar surface area (TPSA) is 46.2 Å². The molecule has 1 aliphatic heterocycles. The van der Waals surface area contributed by atoms with Crippen LogP contribution in [0.15, 0.2) is 0 Å². The van der Waals surface area contributed by atoms with E-state index in [9.17, 15) is 9.59 Å². The van der Waals surface area contributed by atoms with E-state index in [2.05, 4.69) is 5.32 Å². The number of carbonyl (C=O) groups excluding carboxylic acids is 2. The molecular formula is C4H5NO2S. The van der Waals surface area contributed by atoms with Gasteiger partial charge < -0.3 is 5.32 Å². The summed E-state index contributed by atoms with van der Waals surface area (Å²) < 4.78 is 0. The van der Waals surface area contributed by atoms with E-state index < -0.39 is 0 Å². The van der Waals surface area contributed by atoms with Gasteiger partial charge in [0.2, 0.25) is 0 Å². The number of thioether (sulfide) groups is 1. The predicted molar refractivity (Wildman–Crippen MR) is 30.6 cm³/mol. The van der Waals surface area contributed by atoms with E-state index in [1.165, 1.54) is 0 Å². The highest BCUT2D eigenvalue weighted by Crippen LogP contribution is 2.09. The Kier molecular flexibility index (Phi) is 1.53. The molecule has 0 radical (unpaired) electrons. The third kappa shape index (κ3) is 1.23. The fourth-order valence-corrected chi connectivity index (χ4v) is 1.04. The van der Waals surface area contributed by atoms with Gasteiger partial charge in [-0.25, -0.2) is 0 Å². The predicted octanol–water partition coefficient (Wildman–Crippen LogP) is 0.360. The maximum absolute atomic E-state index is 10.4. The van der Waals surface area contributed by atoms with Crippen molar-refractivity contribution in [2.45, 2.75) is 6.42 Å². The molecular weight excluding hydrogens is 126 g/mol. The van der Waals surface area contributed by atoms with E-state index in [0.29, 0.717) is 13.0 Å². The molecule has 1 heterocycles. The second-order valence-electron chi connectivity index (χ2n) is 1.44. The van der Waals surface area contributed by atoms with Gasteiger partial charge in [0.1, 0.15) is 0 Å². The van der Waals surface area contributed by atoms with Gasteiger partial charge in [0.25, 0.3) is 5.24 Å². The summed E-state index contributed by atoms with van der Waals surface area (Å²) in [6.07, 6.45) is 0.469. The lowest BCUT2D eigenvalue weighted by Crippen LogP contribution is -2.27. The van der Waals surface area contributed by atoms with Gasteiger partial charge in [0.05, 0.1) is 0 Å². The molecule has 1 fully saturated rings. The van der Waals surface area contributed by atoms with Crippen molar-refractivity contribution in [3.63, 3.8) is 0 Å². The van der Waals surface area contributed by atoms with Gasteiger partial charge in [0.15, 0.2) is 5.12 Å². The van der Waals surface area contributed by atoms with Crippen molar-refractivity contribution in [1.82, 2.24) is 5.32 Å². The molecule has 0 aromatic rings. The van der Waals surface area contributed by atoms with Crippen LogP contribution in [0.2, 0.25) is 0 Å². The molecule has 1 aliphatic rings. The molecule has 1 rings (SSSR count). The third-order valence-corrected chi connectivity index (χ3v) is 1.57. The first-order valence-corrected chi connectivity index (χ1v) is 3.09. The summed E-state index contributed by atoms with van der Waals surface area (Å²) in [5.41, 5.74) is 0. The minimum atomic E-state index is -0.221. The minimum absolute atomic E-state index is 0.0336. The Labute approximate surface area is 50.8 Å². The Balaban J connectivity index is 2.45. The van der Waals surface area contributed by atoms with Crippen molar-refractivity contribution >= 4 is 22.1 Å². The van der Waals surface area contributed by atoms with Crippen LogP contribution in [0.4, 0.5) is 4.79 Å². The van der Waals surface area contributed by atoms with E-state index in [-0.39, 0.29) is 10.4 Å². The molecule has 4 heteroatoms. The standard InChI is InChI=1S/C4H5NO2S/c6-3-1-2-5-4(7)8-3/h1-2H2,(H,5,7). The van der Waals surface area contributed by atoms with Gasteiger partial charge in [-0.15, -0.1) is 0 Å². The second kappa shape index (κ2) is 2.17. The summed E-state index contributed by atoms with van der Waals surface area (Å²) in [6, 6.07) is 0. The normalized spacial score (nSPS) is 20.5. The van der Waals surface area contributed by atoms with E-state index in [1.54, 1.807) is 0 Å². The van der Waals surface area contributed by atoms with Crippen LogP contribution in [-0.4, -0.2) is 16.9 Å². The number of hydrogen-bond donors (Lipinski definition) is 1. The number of nitrogens with one attached hydrogen (secondary N) is 1. The van der Waals surface area contributed by atoms with E-state index >= 15 is 0 Å². The molecule has 0 atom stereocenters. The highest BCUT2D eigenvalue weighted by Gasteiger charge is 2.14. The highest BCUT2D eigenvalue weighted by molar-refractivity contribution is 8.26. The van der Waals surface area contributed by atoms with E-state index in [4.69, 9.17) is 0 Å². The SMILES string of the molecule is O=C1CCNC(=O)S1. The van der Waals surface area contributed by atoms with Gasteiger partial charge in [-0.3, -0.25) is 9.59 Å². The summed E-state index contributed by atoms with van der Waals surface area (Å²) in [7, 11) is 0. The first-order chi connectivity index (χ1) is 3.79. The average molecular weight is 131 g/mol. The molecule has 0 aromatic heterocycles. The van der Waals surface area contributed by atoms with Gasteiger partial charge in [-0.2, -0.15) is 0 Å². The van der Waals surface area contributed by atoms with Crippen molar-refractivity contribution in [2.75, 3.05) is 6.54 Å². The minimum Gasteiger partial charge on any atom is -0.346 e. The summed E-state index contributed by atoms with van der Waals surface area (Å²) in [5.74, 6) is 0. The third-order valence-electron chi connectivity index (χ3n) is 0.805. The highest BCUT2D eigenvalue weighted by atomic mass is 32.2. The molecule has 44 valence electrons. The molecule has 1 N–H and O–H groups in total. The molecule has 0 aliphatic carbocycles. The lowest BCUT2D eigenvalue weighted by molar-refractivity contribution is -0.110. The van der Waals surface area contributed by atoms with Gasteiger partial charge in [0, 0.05) is 24.7 Å². The summed E-state index contributed by atoms with van der Waals surface area (Å²) in [6.45, 7) is 0.505. The quantitative estimate of drug-likeness (QED) is 0.516. The Morgan fingerprint density at radius 2 is 2.25 bits per heavy atom. The lowest BCUT2D eigenvalue weighted by atomic mass is 10.5. The van der Waals surface area contributed by atoms with Crippen molar-refractivity contribution in [1.29, 1.82) is 0 Å². The van der Waals surface area contributed by atoms with Gasteiger partial charge >= 0.3 is 0 Å². The first kappa shape index (κ1) is 5.62. The summed E-state index contributed by atoms with van der Waals surface area (Å²) in [4.78, 5) is 20.7. The first-order valence-electron chi connectivity index (χ1n) is 2.27. The van der Waals surface area contributed by atoms with Crippen molar-refractivity contribution in [3.8, 4) is 0 Å². The van der Waals surface area contributed by atoms with Crippen LogP contribution in [0.3, 0.4) is 0 Å². The Morgan fingerprint density at radius 1 is 1.50 bits per heavy atom. The zero-order chi connectivity index (χ0) is 5.98. The van der Waals surface area contributed by atoms with Crippen LogP contribution in [0.5, 0.6) is 0 Å². The van der Waals surface area contributed by atoms with Crippen LogP contribution in [0, 0.1) is 0 Å². The second-order valence-corrected chi connectivity index (χ2v) is 2.47. The Hall–Kier alpha value is -0.510. The monoisotopic (exact) mass is 131 g/mol. The number of amides is 1. The van der Waals surface area contributed by atoms with Crippen molar-refractivity contribution in [2.24, 2.45) is 0 Å². The fourth-order valence-electron chi connectivity index (χ4n) is 0.457. The van der Waals surface area contributed by atoms with Crippen LogP contribution >= 0.6 is 11.8 Å². The molecule has 1 saturated heterocycles. The van der Waals surface area contributed by atoms with Crippen molar-refractivity contribution in [3.05, 3.63) is 0 Å². The van der Waals surface area contributed by atoms with E-state index in [1.807, 2.05) is 0 Å². The number of rotatable bonds is 0. The smallest absolute Gasteiger partial charge is 0.286 e. The largest absolute Gasteiger partial charge is 0.346 e. The molecule has 0 saturated carbocycles. The van der Waals surface area contributed by atoms with Crippen LogP contribution in [0.25, 0.3) is 0 Å². The molecule has 8 heavy (non-hydrogen) atoms. The maximum Gasteiger partial charge on any atom is 0.286 e. The molecule has 3 nitrogen and oxygen atoms in total. The molecule has 0 aromatic carbocycles.